The first kappa shape index (κ1) is 42.3. The molecular formula is C64H60N2O2. The second-order valence-electron chi connectivity index (χ2n) is 20.6. The average molecular weight is 889 g/mol. The number of rotatable bonds is 10. The van der Waals surface area contributed by atoms with Crippen molar-refractivity contribution in [3.63, 3.8) is 0 Å². The number of furan rings is 2. The number of allylic oxidation sites excluding steroid dienone is 2. The van der Waals surface area contributed by atoms with Gasteiger partial charge < -0.3 is 18.6 Å². The Hall–Kier alpha value is -7.04. The highest BCUT2D eigenvalue weighted by Crippen LogP contribution is 2.53. The quantitative estimate of drug-likeness (QED) is 0.128. The number of para-hydroxylation sites is 2. The molecule has 2 heterocycles. The first-order valence-corrected chi connectivity index (χ1v) is 25.1. The summed E-state index contributed by atoms with van der Waals surface area (Å²) >= 11 is 0. The van der Waals surface area contributed by atoms with E-state index in [0.717, 1.165) is 93.3 Å². The van der Waals surface area contributed by atoms with Crippen LogP contribution in [0.3, 0.4) is 0 Å². The molecular weight excluding hydrogens is 829 g/mol. The van der Waals surface area contributed by atoms with E-state index in [4.69, 9.17) is 8.83 Å². The van der Waals surface area contributed by atoms with Gasteiger partial charge >= 0.3 is 0 Å². The molecule has 12 rings (SSSR count). The van der Waals surface area contributed by atoms with Gasteiger partial charge in [-0.1, -0.05) is 152 Å². The SMILES string of the molecule is CC(C)c1ccc(N(c2cc(C(C)C)c3ccc4c(N(c5ccc(C(C)C)cc5)c5cccc6c7c(oc56)CCC=C7)cc(C(C)C)c5ccc2c3c54)c2cccc3c4c(oc23)CCC=C4)cc1. The maximum absolute atomic E-state index is 6.95. The van der Waals surface area contributed by atoms with Gasteiger partial charge in [0.15, 0.2) is 11.2 Å². The standard InChI is InChI=1S/C64H60N2O2/c1-37(2)41-23-27-43(28-24-41)65(55-19-13-17-49-45-15-9-11-21-59(45)67-63(49)55)57-35-53(39(5)6)47-32-34-52-58(36-54(40(7)8)48-31-33-51(57)61(47)62(48)52)66(44-29-25-42(26-30-44)38(3)4)56-20-14-18-50-46-16-10-12-22-60(46)68-64(50)56/h9-10,13-20,23-40H,11-12,21-22H2,1-8H3. The van der Waals surface area contributed by atoms with Crippen molar-refractivity contribution in [2.75, 3.05) is 9.80 Å². The molecule has 0 unspecified atom stereocenters. The Balaban J connectivity index is 1.18. The van der Waals surface area contributed by atoms with Gasteiger partial charge in [0.2, 0.25) is 0 Å². The largest absolute Gasteiger partial charge is 0.458 e. The van der Waals surface area contributed by atoms with Gasteiger partial charge in [-0.3, -0.25) is 0 Å². The number of hydrogen-bond donors (Lipinski definition) is 0. The van der Waals surface area contributed by atoms with E-state index in [1.807, 2.05) is 0 Å². The fourth-order valence-corrected chi connectivity index (χ4v) is 11.4. The molecule has 8 aromatic carbocycles. The van der Waals surface area contributed by atoms with Crippen molar-refractivity contribution in [3.05, 3.63) is 178 Å². The highest BCUT2D eigenvalue weighted by Gasteiger charge is 2.29. The third-order valence-corrected chi connectivity index (χ3v) is 15.0. The van der Waals surface area contributed by atoms with Gasteiger partial charge in [-0.25, -0.2) is 0 Å². The molecule has 2 aliphatic rings. The fraction of sp³-hybridized carbons (Fsp3) is 0.250. The third kappa shape index (κ3) is 6.62. The minimum atomic E-state index is 0.261. The topological polar surface area (TPSA) is 32.8 Å². The molecule has 0 bridgehead atoms. The molecule has 0 amide bonds. The summed E-state index contributed by atoms with van der Waals surface area (Å²) in [4.78, 5) is 4.98. The number of nitrogens with zero attached hydrogens (tertiary/aromatic N) is 2. The summed E-state index contributed by atoms with van der Waals surface area (Å²) in [6.07, 6.45) is 12.9. The molecule has 0 saturated carbocycles. The minimum absolute atomic E-state index is 0.261. The monoisotopic (exact) mass is 888 g/mol. The number of fused-ring (bicyclic) bond motifs is 6. The van der Waals surface area contributed by atoms with Crippen molar-refractivity contribution in [2.45, 2.75) is 105 Å². The van der Waals surface area contributed by atoms with Crippen molar-refractivity contribution in [3.8, 4) is 0 Å². The molecule has 0 saturated heterocycles. The van der Waals surface area contributed by atoms with Gasteiger partial charge in [0.05, 0.1) is 22.7 Å². The van der Waals surface area contributed by atoms with Crippen LogP contribution in [0, 0.1) is 0 Å². The van der Waals surface area contributed by atoms with E-state index in [-0.39, 0.29) is 11.8 Å². The molecule has 4 nitrogen and oxygen atoms in total. The van der Waals surface area contributed by atoms with E-state index in [9.17, 15) is 0 Å². The second kappa shape index (κ2) is 16.3. The van der Waals surface area contributed by atoms with Gasteiger partial charge in [-0.2, -0.15) is 0 Å². The average Bonchev–Trinajstić information content (AvgIpc) is 3.93. The Labute approximate surface area is 400 Å². The predicted octanol–water partition coefficient (Wildman–Crippen LogP) is 19.4. The van der Waals surface area contributed by atoms with E-state index in [1.165, 1.54) is 65.7 Å². The van der Waals surface area contributed by atoms with Crippen molar-refractivity contribution in [1.82, 2.24) is 0 Å². The summed E-state index contributed by atoms with van der Waals surface area (Å²) in [5, 5.41) is 9.97. The van der Waals surface area contributed by atoms with Gasteiger partial charge in [-0.05, 0) is 129 Å². The van der Waals surface area contributed by atoms with Crippen LogP contribution in [0.1, 0.15) is 137 Å². The Morgan fingerprint density at radius 2 is 0.794 bits per heavy atom. The number of aryl methyl sites for hydroxylation is 2. The Morgan fingerprint density at radius 3 is 1.18 bits per heavy atom. The minimum Gasteiger partial charge on any atom is -0.458 e. The highest BCUT2D eigenvalue weighted by molar-refractivity contribution is 6.30. The van der Waals surface area contributed by atoms with Crippen LogP contribution >= 0.6 is 0 Å². The maximum Gasteiger partial charge on any atom is 0.158 e. The maximum atomic E-state index is 6.95. The van der Waals surface area contributed by atoms with Gasteiger partial charge in [0.1, 0.15) is 11.5 Å². The summed E-state index contributed by atoms with van der Waals surface area (Å²) in [7, 11) is 0. The predicted molar refractivity (Wildman–Crippen MR) is 290 cm³/mol. The molecule has 0 atom stereocenters. The molecule has 10 aromatic rings. The number of benzene rings is 8. The van der Waals surface area contributed by atoms with Gasteiger partial charge in [-0.15, -0.1) is 0 Å². The molecule has 68 heavy (non-hydrogen) atoms. The van der Waals surface area contributed by atoms with E-state index >= 15 is 0 Å². The summed E-state index contributed by atoms with van der Waals surface area (Å²) < 4.78 is 13.9. The fourth-order valence-electron chi connectivity index (χ4n) is 11.4. The van der Waals surface area contributed by atoms with Crippen molar-refractivity contribution in [1.29, 1.82) is 0 Å². The summed E-state index contributed by atoms with van der Waals surface area (Å²) in [6, 6.07) is 46.4. The molecule has 4 heteroatoms. The molecule has 0 fully saturated rings. The zero-order valence-corrected chi connectivity index (χ0v) is 40.7. The van der Waals surface area contributed by atoms with Crippen LogP contribution in [-0.4, -0.2) is 0 Å². The lowest BCUT2D eigenvalue weighted by Crippen LogP contribution is -2.13. The van der Waals surface area contributed by atoms with Crippen LogP contribution in [0.4, 0.5) is 34.1 Å². The number of anilines is 6. The third-order valence-electron chi connectivity index (χ3n) is 15.0. The Morgan fingerprint density at radius 1 is 0.397 bits per heavy atom. The first-order chi connectivity index (χ1) is 33.0. The molecule has 0 aliphatic heterocycles. The lowest BCUT2D eigenvalue weighted by atomic mass is 9.84. The zero-order chi connectivity index (χ0) is 46.5. The molecule has 0 N–H and O–H groups in total. The van der Waals surface area contributed by atoms with E-state index in [2.05, 4.69) is 211 Å². The Bertz CT molecular complexity index is 3390. The van der Waals surface area contributed by atoms with Crippen LogP contribution in [0.5, 0.6) is 0 Å². The van der Waals surface area contributed by atoms with Crippen molar-refractivity contribution < 1.29 is 8.83 Å². The zero-order valence-electron chi connectivity index (χ0n) is 40.7. The smallest absolute Gasteiger partial charge is 0.158 e. The Kier molecular flexibility index (Phi) is 10.2. The lowest BCUT2D eigenvalue weighted by Gasteiger charge is -2.31. The van der Waals surface area contributed by atoms with Gasteiger partial charge in [0, 0.05) is 56.9 Å². The summed E-state index contributed by atoms with van der Waals surface area (Å²) in [5.41, 5.74) is 16.2. The highest BCUT2D eigenvalue weighted by atomic mass is 16.3. The normalized spacial score (nSPS) is 13.8. The van der Waals surface area contributed by atoms with Crippen LogP contribution in [-0.2, 0) is 12.8 Å². The van der Waals surface area contributed by atoms with E-state index in [1.54, 1.807) is 0 Å². The number of hydrogen-bond acceptors (Lipinski definition) is 4. The van der Waals surface area contributed by atoms with Crippen LogP contribution < -0.4 is 9.80 Å². The van der Waals surface area contributed by atoms with Crippen LogP contribution in [0.25, 0.3) is 66.4 Å². The molecule has 2 aromatic heterocycles. The molecule has 0 radical (unpaired) electrons. The molecule has 338 valence electrons. The molecule has 0 spiro atoms. The van der Waals surface area contributed by atoms with Crippen LogP contribution in [0.15, 0.2) is 142 Å². The molecule has 2 aliphatic carbocycles. The van der Waals surface area contributed by atoms with E-state index in [0.29, 0.717) is 11.8 Å². The summed E-state index contributed by atoms with van der Waals surface area (Å²) in [6.45, 7) is 18.5. The second-order valence-corrected chi connectivity index (χ2v) is 20.6. The van der Waals surface area contributed by atoms with Crippen molar-refractivity contribution >= 4 is 101 Å². The summed E-state index contributed by atoms with van der Waals surface area (Å²) in [5.74, 6) is 3.51. The lowest BCUT2D eigenvalue weighted by molar-refractivity contribution is 0.546. The van der Waals surface area contributed by atoms with Gasteiger partial charge in [0.25, 0.3) is 0 Å². The van der Waals surface area contributed by atoms with E-state index < -0.39 is 0 Å². The van der Waals surface area contributed by atoms with Crippen molar-refractivity contribution in [2.24, 2.45) is 0 Å². The first-order valence-electron chi connectivity index (χ1n) is 25.1. The van der Waals surface area contributed by atoms with Crippen LogP contribution in [0.2, 0.25) is 0 Å².